The smallest absolute Gasteiger partial charge is 0.324 e. The highest BCUT2D eigenvalue weighted by Crippen LogP contribution is 2.15. The highest BCUT2D eigenvalue weighted by Gasteiger charge is 2.37. The van der Waals surface area contributed by atoms with Crippen molar-refractivity contribution in [2.75, 3.05) is 19.0 Å². The number of amides is 4. The Morgan fingerprint density at radius 1 is 1.21 bits per heavy atom. The minimum atomic E-state index is -0.678. The number of benzene rings is 1. The fourth-order valence-electron chi connectivity index (χ4n) is 2.94. The molecule has 0 spiro atoms. The van der Waals surface area contributed by atoms with Crippen LogP contribution in [0.15, 0.2) is 48.7 Å². The van der Waals surface area contributed by atoms with Gasteiger partial charge in [0.15, 0.2) is 0 Å². The first-order valence-electron chi connectivity index (χ1n) is 9.02. The number of anilines is 1. The van der Waals surface area contributed by atoms with E-state index in [4.69, 9.17) is 4.74 Å². The number of carbonyl (C=O) groups is 3. The van der Waals surface area contributed by atoms with Crippen molar-refractivity contribution >= 4 is 23.5 Å². The molecule has 0 bridgehead atoms. The molecule has 0 radical (unpaired) electrons. The maximum absolute atomic E-state index is 12.5. The maximum Gasteiger partial charge on any atom is 0.324 e. The Bertz CT molecular complexity index is 839. The van der Waals surface area contributed by atoms with Crippen LogP contribution in [0.1, 0.15) is 18.4 Å². The molecule has 1 aromatic heterocycles. The van der Waals surface area contributed by atoms with Crippen LogP contribution in [0.4, 0.5) is 10.5 Å². The molecule has 28 heavy (non-hydrogen) atoms. The van der Waals surface area contributed by atoms with Crippen LogP contribution in [0.25, 0.3) is 0 Å². The predicted octanol–water partition coefficient (Wildman–Crippen LogP) is 1.97. The van der Waals surface area contributed by atoms with E-state index in [0.717, 1.165) is 5.56 Å². The Hall–Kier alpha value is -3.42. The van der Waals surface area contributed by atoms with E-state index < -0.39 is 12.1 Å². The van der Waals surface area contributed by atoms with Gasteiger partial charge in [-0.15, -0.1) is 0 Å². The van der Waals surface area contributed by atoms with Crippen molar-refractivity contribution in [3.05, 3.63) is 54.2 Å². The van der Waals surface area contributed by atoms with Crippen molar-refractivity contribution < 1.29 is 19.1 Å². The average Bonchev–Trinajstić information content (AvgIpc) is 2.99. The lowest BCUT2D eigenvalue weighted by Gasteiger charge is -2.13. The summed E-state index contributed by atoms with van der Waals surface area (Å²) in [5.41, 5.74) is 1.59. The molecule has 1 aliphatic heterocycles. The third-order valence-electron chi connectivity index (χ3n) is 4.46. The number of hydrogen-bond donors (Lipinski definition) is 2. The number of urea groups is 1. The molecule has 1 atom stereocenters. The van der Waals surface area contributed by atoms with E-state index in [1.165, 1.54) is 18.2 Å². The summed E-state index contributed by atoms with van der Waals surface area (Å²) in [5, 5.41) is 5.36. The van der Waals surface area contributed by atoms with Gasteiger partial charge in [-0.05, 0) is 24.5 Å². The zero-order valence-electron chi connectivity index (χ0n) is 15.6. The first-order valence-corrected chi connectivity index (χ1v) is 9.02. The van der Waals surface area contributed by atoms with Crippen LogP contribution >= 0.6 is 0 Å². The number of ether oxygens (including phenoxy) is 1. The van der Waals surface area contributed by atoms with Gasteiger partial charge in [-0.25, -0.2) is 9.78 Å². The minimum Gasteiger partial charge on any atom is -0.481 e. The zero-order valence-corrected chi connectivity index (χ0v) is 15.6. The summed E-state index contributed by atoms with van der Waals surface area (Å²) in [6.07, 6.45) is 2.43. The van der Waals surface area contributed by atoms with Crippen molar-refractivity contribution in [1.29, 1.82) is 0 Å². The SMILES string of the molecule is COc1ccc(NC(=O)CC[C@H]2NC(=O)N(CCc3ccccc3)C2=O)cn1. The summed E-state index contributed by atoms with van der Waals surface area (Å²) in [6, 6.07) is 11.9. The van der Waals surface area contributed by atoms with Gasteiger partial charge in [0.05, 0.1) is 19.0 Å². The normalized spacial score (nSPS) is 16.0. The summed E-state index contributed by atoms with van der Waals surface area (Å²) in [4.78, 5) is 41.9. The monoisotopic (exact) mass is 382 g/mol. The fraction of sp³-hybridized carbons (Fsp3) is 0.300. The molecule has 1 aliphatic rings. The van der Waals surface area contributed by atoms with E-state index in [0.29, 0.717) is 24.5 Å². The van der Waals surface area contributed by atoms with Crippen LogP contribution in [0.3, 0.4) is 0 Å². The Labute approximate surface area is 162 Å². The second kappa shape index (κ2) is 8.98. The molecule has 2 aromatic rings. The van der Waals surface area contributed by atoms with Crippen LogP contribution in [-0.4, -0.2) is 47.4 Å². The molecule has 146 valence electrons. The van der Waals surface area contributed by atoms with Crippen LogP contribution in [0.2, 0.25) is 0 Å². The summed E-state index contributed by atoms with van der Waals surface area (Å²) in [7, 11) is 1.51. The molecule has 0 aliphatic carbocycles. The van der Waals surface area contributed by atoms with Gasteiger partial charge in [0, 0.05) is 19.0 Å². The van der Waals surface area contributed by atoms with Gasteiger partial charge >= 0.3 is 6.03 Å². The lowest BCUT2D eigenvalue weighted by Crippen LogP contribution is -2.33. The van der Waals surface area contributed by atoms with Crippen molar-refractivity contribution in [3.8, 4) is 5.88 Å². The van der Waals surface area contributed by atoms with E-state index in [2.05, 4.69) is 15.6 Å². The van der Waals surface area contributed by atoms with Gasteiger partial charge in [0.1, 0.15) is 6.04 Å². The van der Waals surface area contributed by atoms with Crippen molar-refractivity contribution in [2.45, 2.75) is 25.3 Å². The molecular formula is C20H22N4O4. The van der Waals surface area contributed by atoms with Gasteiger partial charge < -0.3 is 15.4 Å². The van der Waals surface area contributed by atoms with Crippen LogP contribution < -0.4 is 15.4 Å². The van der Waals surface area contributed by atoms with E-state index >= 15 is 0 Å². The Morgan fingerprint density at radius 3 is 2.68 bits per heavy atom. The molecule has 2 heterocycles. The number of methoxy groups -OCH3 is 1. The highest BCUT2D eigenvalue weighted by molar-refractivity contribution is 6.04. The average molecular weight is 382 g/mol. The molecule has 0 saturated carbocycles. The van der Waals surface area contributed by atoms with Crippen LogP contribution in [0, 0.1) is 0 Å². The number of imide groups is 1. The number of hydrogen-bond acceptors (Lipinski definition) is 5. The molecular weight excluding hydrogens is 360 g/mol. The third-order valence-corrected chi connectivity index (χ3v) is 4.46. The first kappa shape index (κ1) is 19.3. The Kier molecular flexibility index (Phi) is 6.21. The summed E-state index contributed by atoms with van der Waals surface area (Å²) >= 11 is 0. The molecule has 0 unspecified atom stereocenters. The summed E-state index contributed by atoms with van der Waals surface area (Å²) < 4.78 is 4.96. The lowest BCUT2D eigenvalue weighted by molar-refractivity contribution is -0.127. The fourth-order valence-corrected chi connectivity index (χ4v) is 2.94. The largest absolute Gasteiger partial charge is 0.481 e. The van der Waals surface area contributed by atoms with Crippen LogP contribution in [0.5, 0.6) is 5.88 Å². The first-order chi connectivity index (χ1) is 13.6. The summed E-state index contributed by atoms with van der Waals surface area (Å²) in [5.74, 6) is -0.0931. The molecule has 8 nitrogen and oxygen atoms in total. The van der Waals surface area contributed by atoms with Gasteiger partial charge in [-0.1, -0.05) is 30.3 Å². The standard InChI is InChI=1S/C20H22N4O4/c1-28-18-10-7-15(13-21-18)22-17(25)9-8-16-19(26)24(20(27)23-16)12-11-14-5-3-2-4-6-14/h2-7,10,13,16H,8-9,11-12H2,1H3,(H,22,25)(H,23,27)/t16-/m1/s1. The molecule has 1 saturated heterocycles. The van der Waals surface area contributed by atoms with Gasteiger partial charge in [0.2, 0.25) is 11.8 Å². The lowest BCUT2D eigenvalue weighted by atomic mass is 10.1. The number of aromatic nitrogens is 1. The molecule has 1 aromatic carbocycles. The zero-order chi connectivity index (χ0) is 19.9. The van der Waals surface area contributed by atoms with Crippen LogP contribution in [-0.2, 0) is 16.0 Å². The molecule has 4 amide bonds. The number of pyridine rings is 1. The Balaban J connectivity index is 1.47. The van der Waals surface area contributed by atoms with E-state index in [1.54, 1.807) is 12.1 Å². The van der Waals surface area contributed by atoms with E-state index in [1.807, 2.05) is 30.3 Å². The number of rotatable bonds is 8. The molecule has 1 fully saturated rings. The van der Waals surface area contributed by atoms with Gasteiger partial charge in [-0.3, -0.25) is 14.5 Å². The number of nitrogens with zero attached hydrogens (tertiary/aromatic N) is 2. The third kappa shape index (κ3) is 4.85. The van der Waals surface area contributed by atoms with Crippen molar-refractivity contribution in [1.82, 2.24) is 15.2 Å². The highest BCUT2D eigenvalue weighted by atomic mass is 16.5. The van der Waals surface area contributed by atoms with Crippen molar-refractivity contribution in [3.63, 3.8) is 0 Å². The molecule has 3 rings (SSSR count). The molecule has 8 heteroatoms. The minimum absolute atomic E-state index is 0.106. The van der Waals surface area contributed by atoms with E-state index in [9.17, 15) is 14.4 Å². The quantitative estimate of drug-likeness (QED) is 0.680. The van der Waals surface area contributed by atoms with Gasteiger partial charge in [-0.2, -0.15) is 0 Å². The number of carbonyl (C=O) groups excluding carboxylic acids is 3. The second-order valence-corrected chi connectivity index (χ2v) is 6.40. The predicted molar refractivity (Wildman–Crippen MR) is 103 cm³/mol. The van der Waals surface area contributed by atoms with E-state index in [-0.39, 0.29) is 24.7 Å². The Morgan fingerprint density at radius 2 is 2.00 bits per heavy atom. The number of nitrogens with one attached hydrogen (secondary N) is 2. The summed E-state index contributed by atoms with van der Waals surface area (Å²) in [6.45, 7) is 0.314. The van der Waals surface area contributed by atoms with Gasteiger partial charge in [0.25, 0.3) is 5.91 Å². The topological polar surface area (TPSA) is 101 Å². The maximum atomic E-state index is 12.5. The molecule has 2 N–H and O–H groups in total. The van der Waals surface area contributed by atoms with Crippen molar-refractivity contribution in [2.24, 2.45) is 0 Å². The second-order valence-electron chi connectivity index (χ2n) is 6.40.